The van der Waals surface area contributed by atoms with Crippen molar-refractivity contribution in [2.75, 3.05) is 20.2 Å². The standard InChI is InChI=1S/C7H15NO5/c1-8-2-4(10)6(12)7(13)5(11)3-9/h5-9,11-13H,2-3H2,1H3/t5-,6-,7-/m1/s1. The van der Waals surface area contributed by atoms with E-state index in [1.165, 1.54) is 7.05 Å². The van der Waals surface area contributed by atoms with Crippen LogP contribution in [0.5, 0.6) is 0 Å². The van der Waals surface area contributed by atoms with Crippen LogP contribution in [0.25, 0.3) is 0 Å². The monoisotopic (exact) mass is 193 g/mol. The van der Waals surface area contributed by atoms with Crippen molar-refractivity contribution in [1.29, 1.82) is 0 Å². The van der Waals surface area contributed by atoms with Gasteiger partial charge in [0.15, 0.2) is 5.78 Å². The molecule has 0 spiro atoms. The van der Waals surface area contributed by atoms with Crippen LogP contribution in [0.4, 0.5) is 0 Å². The Labute approximate surface area is 75.8 Å². The summed E-state index contributed by atoms with van der Waals surface area (Å²) in [6.45, 7) is -0.804. The Morgan fingerprint density at radius 1 is 1.38 bits per heavy atom. The number of hydrogen-bond acceptors (Lipinski definition) is 6. The lowest BCUT2D eigenvalue weighted by Gasteiger charge is -2.20. The lowest BCUT2D eigenvalue weighted by atomic mass is 10.0. The third-order valence-electron chi connectivity index (χ3n) is 1.59. The number of nitrogens with one attached hydrogen (secondary N) is 1. The van der Waals surface area contributed by atoms with Crippen LogP contribution in [0.3, 0.4) is 0 Å². The van der Waals surface area contributed by atoms with Crippen LogP contribution in [0.1, 0.15) is 0 Å². The number of carbonyl (C=O) groups is 1. The zero-order valence-corrected chi connectivity index (χ0v) is 7.34. The summed E-state index contributed by atoms with van der Waals surface area (Å²) in [6.07, 6.45) is -4.82. The van der Waals surface area contributed by atoms with Gasteiger partial charge in [0.2, 0.25) is 0 Å². The third kappa shape index (κ3) is 3.79. The summed E-state index contributed by atoms with van der Waals surface area (Å²) in [6, 6.07) is 0. The maximum absolute atomic E-state index is 10.9. The molecule has 0 radical (unpaired) electrons. The Morgan fingerprint density at radius 2 is 1.92 bits per heavy atom. The molecule has 5 N–H and O–H groups in total. The second kappa shape index (κ2) is 6.01. The van der Waals surface area contributed by atoms with Crippen LogP contribution >= 0.6 is 0 Å². The molecule has 0 aliphatic rings. The highest BCUT2D eigenvalue weighted by Gasteiger charge is 2.28. The van der Waals surface area contributed by atoms with Crippen LogP contribution < -0.4 is 5.32 Å². The largest absolute Gasteiger partial charge is 0.394 e. The van der Waals surface area contributed by atoms with Crippen LogP contribution in [-0.4, -0.2) is 64.7 Å². The van der Waals surface area contributed by atoms with Gasteiger partial charge in [-0.05, 0) is 7.05 Å². The van der Waals surface area contributed by atoms with Gasteiger partial charge < -0.3 is 25.7 Å². The minimum atomic E-state index is -1.67. The quantitative estimate of drug-likeness (QED) is 0.305. The number of rotatable bonds is 6. The molecule has 0 rings (SSSR count). The second-order valence-electron chi connectivity index (χ2n) is 2.68. The van der Waals surface area contributed by atoms with Gasteiger partial charge in [-0.15, -0.1) is 0 Å². The van der Waals surface area contributed by atoms with Crippen molar-refractivity contribution in [2.45, 2.75) is 18.3 Å². The summed E-state index contributed by atoms with van der Waals surface area (Å²) in [4.78, 5) is 10.9. The highest BCUT2D eigenvalue weighted by molar-refractivity contribution is 5.85. The van der Waals surface area contributed by atoms with Crippen LogP contribution in [0.2, 0.25) is 0 Å². The van der Waals surface area contributed by atoms with Gasteiger partial charge in [0, 0.05) is 0 Å². The first-order valence-electron chi connectivity index (χ1n) is 3.87. The first-order chi connectivity index (χ1) is 6.04. The second-order valence-corrected chi connectivity index (χ2v) is 2.68. The molecule has 6 heteroatoms. The molecular formula is C7H15NO5. The van der Waals surface area contributed by atoms with Crippen LogP contribution in [0.15, 0.2) is 0 Å². The fourth-order valence-corrected chi connectivity index (χ4v) is 0.788. The van der Waals surface area contributed by atoms with Crippen molar-refractivity contribution in [3.8, 4) is 0 Å². The molecule has 0 aromatic carbocycles. The van der Waals surface area contributed by atoms with E-state index in [4.69, 9.17) is 20.4 Å². The average Bonchev–Trinajstić information content (AvgIpc) is 2.14. The Kier molecular flexibility index (Phi) is 5.76. The summed E-state index contributed by atoms with van der Waals surface area (Å²) in [5.74, 6) is -0.637. The first-order valence-corrected chi connectivity index (χ1v) is 3.87. The molecule has 0 bridgehead atoms. The maximum Gasteiger partial charge on any atom is 0.177 e. The van der Waals surface area contributed by atoms with Gasteiger partial charge in [-0.1, -0.05) is 0 Å². The van der Waals surface area contributed by atoms with E-state index in [0.29, 0.717) is 0 Å². The molecule has 0 saturated heterocycles. The van der Waals surface area contributed by atoms with E-state index in [0.717, 1.165) is 0 Å². The molecule has 0 amide bonds. The summed E-state index contributed by atoms with van der Waals surface area (Å²) < 4.78 is 0. The van der Waals surface area contributed by atoms with Crippen molar-refractivity contribution in [3.05, 3.63) is 0 Å². The molecule has 0 aliphatic heterocycles. The van der Waals surface area contributed by atoms with Crippen LogP contribution in [0, 0.1) is 0 Å². The van der Waals surface area contributed by atoms with E-state index in [1.807, 2.05) is 0 Å². The highest BCUT2D eigenvalue weighted by atomic mass is 16.4. The van der Waals surface area contributed by atoms with Gasteiger partial charge in [-0.2, -0.15) is 0 Å². The van der Waals surface area contributed by atoms with Crippen molar-refractivity contribution in [1.82, 2.24) is 5.32 Å². The van der Waals surface area contributed by atoms with Gasteiger partial charge in [-0.3, -0.25) is 4.79 Å². The SMILES string of the molecule is CNCC(=O)[C@@H](O)[C@H](O)[C@H](O)CO. The fourth-order valence-electron chi connectivity index (χ4n) is 0.788. The van der Waals surface area contributed by atoms with E-state index in [1.54, 1.807) is 0 Å². The number of likely N-dealkylation sites (N-methyl/N-ethyl adjacent to an activating group) is 1. The summed E-state index contributed by atoms with van der Waals surface area (Å²) in [5, 5.41) is 38.0. The van der Waals surface area contributed by atoms with Gasteiger partial charge in [0.05, 0.1) is 13.2 Å². The van der Waals surface area contributed by atoms with Gasteiger partial charge in [0.25, 0.3) is 0 Å². The number of aliphatic hydroxyl groups is 4. The molecule has 78 valence electrons. The molecule has 0 aliphatic carbocycles. The lowest BCUT2D eigenvalue weighted by Crippen LogP contribution is -2.46. The topological polar surface area (TPSA) is 110 Å². The van der Waals surface area contributed by atoms with E-state index >= 15 is 0 Å². The van der Waals surface area contributed by atoms with Gasteiger partial charge in [-0.25, -0.2) is 0 Å². The first kappa shape index (κ1) is 12.5. The number of ketones is 1. The zero-order valence-electron chi connectivity index (χ0n) is 7.34. The van der Waals surface area contributed by atoms with E-state index in [2.05, 4.69) is 5.32 Å². The molecule has 3 atom stereocenters. The van der Waals surface area contributed by atoms with Gasteiger partial charge in [0.1, 0.15) is 18.3 Å². The molecule has 0 fully saturated rings. The Hall–Kier alpha value is -0.530. The normalized spacial score (nSPS) is 17.9. The number of hydrogen-bond donors (Lipinski definition) is 5. The number of aliphatic hydroxyl groups excluding tert-OH is 4. The Bertz CT molecular complexity index is 163. The molecule has 6 nitrogen and oxygen atoms in total. The molecule has 0 unspecified atom stereocenters. The smallest absolute Gasteiger partial charge is 0.177 e. The number of Topliss-reactive ketones (excluding diaryl/α,β-unsaturated/α-hetero) is 1. The molecule has 0 saturated carbocycles. The van der Waals surface area contributed by atoms with Gasteiger partial charge >= 0.3 is 0 Å². The predicted molar refractivity (Wildman–Crippen MR) is 44.0 cm³/mol. The molecule has 0 heterocycles. The Morgan fingerprint density at radius 3 is 2.31 bits per heavy atom. The lowest BCUT2D eigenvalue weighted by molar-refractivity contribution is -0.139. The average molecular weight is 193 g/mol. The summed E-state index contributed by atoms with van der Waals surface area (Å²) >= 11 is 0. The van der Waals surface area contributed by atoms with Crippen molar-refractivity contribution >= 4 is 5.78 Å². The minimum Gasteiger partial charge on any atom is -0.394 e. The van der Waals surface area contributed by atoms with E-state index < -0.39 is 30.7 Å². The van der Waals surface area contributed by atoms with Crippen molar-refractivity contribution in [2.24, 2.45) is 0 Å². The number of carbonyl (C=O) groups excluding carboxylic acids is 1. The summed E-state index contributed by atoms with van der Waals surface area (Å²) in [5.41, 5.74) is 0. The molecule has 0 aromatic heterocycles. The maximum atomic E-state index is 10.9. The molecular weight excluding hydrogens is 178 g/mol. The van der Waals surface area contributed by atoms with E-state index in [9.17, 15) is 4.79 Å². The van der Waals surface area contributed by atoms with E-state index in [-0.39, 0.29) is 6.54 Å². The summed E-state index contributed by atoms with van der Waals surface area (Å²) in [7, 11) is 1.51. The van der Waals surface area contributed by atoms with Crippen molar-refractivity contribution < 1.29 is 25.2 Å². The van der Waals surface area contributed by atoms with Crippen LogP contribution in [-0.2, 0) is 4.79 Å². The highest BCUT2D eigenvalue weighted by Crippen LogP contribution is 2.00. The Balaban J connectivity index is 4.07. The predicted octanol–water partition coefficient (Wildman–Crippen LogP) is -3.15. The molecule has 0 aromatic rings. The third-order valence-corrected chi connectivity index (χ3v) is 1.59. The van der Waals surface area contributed by atoms with Crippen molar-refractivity contribution in [3.63, 3.8) is 0 Å². The molecule has 13 heavy (non-hydrogen) atoms. The minimum absolute atomic E-state index is 0.101. The fraction of sp³-hybridized carbons (Fsp3) is 0.857. The zero-order chi connectivity index (χ0) is 10.4.